The van der Waals surface area contributed by atoms with Crippen molar-refractivity contribution in [2.45, 2.75) is 56.7 Å². The van der Waals surface area contributed by atoms with Crippen molar-refractivity contribution >= 4 is 27.3 Å². The number of hydrogen-bond donors (Lipinski definition) is 1. The van der Waals surface area contributed by atoms with Crippen LogP contribution in [0.1, 0.15) is 37.0 Å². The maximum Gasteiger partial charge on any atom is 0.0701 e. The van der Waals surface area contributed by atoms with Crippen LogP contribution in [-0.4, -0.2) is 29.6 Å². The van der Waals surface area contributed by atoms with Crippen molar-refractivity contribution in [2.75, 3.05) is 6.54 Å². The molecular weight excluding hydrogens is 308 g/mol. The molecule has 100 valence electrons. The first-order chi connectivity index (χ1) is 8.72. The van der Waals surface area contributed by atoms with E-state index in [0.29, 0.717) is 6.04 Å². The Balaban J connectivity index is 1.61. The van der Waals surface area contributed by atoms with Gasteiger partial charge in [0.05, 0.1) is 3.79 Å². The van der Waals surface area contributed by atoms with Crippen LogP contribution < -0.4 is 5.73 Å². The molecular formula is C14H21BrN2S. The average molecular weight is 329 g/mol. The molecule has 0 radical (unpaired) electrons. The average Bonchev–Trinajstić information content (AvgIpc) is 2.72. The Morgan fingerprint density at radius 2 is 2.00 bits per heavy atom. The van der Waals surface area contributed by atoms with Crippen molar-refractivity contribution in [2.24, 2.45) is 5.73 Å². The highest BCUT2D eigenvalue weighted by molar-refractivity contribution is 9.11. The minimum atomic E-state index is 0.451. The third kappa shape index (κ3) is 2.82. The smallest absolute Gasteiger partial charge is 0.0701 e. The van der Waals surface area contributed by atoms with Crippen LogP contribution in [0.3, 0.4) is 0 Å². The summed E-state index contributed by atoms with van der Waals surface area (Å²) in [6, 6.07) is 6.38. The summed E-state index contributed by atoms with van der Waals surface area (Å²) < 4.78 is 1.25. The fourth-order valence-corrected chi connectivity index (χ4v) is 5.08. The Labute approximate surface area is 122 Å². The molecule has 2 bridgehead atoms. The van der Waals surface area contributed by atoms with Crippen LogP contribution in [0.25, 0.3) is 0 Å². The Kier molecular flexibility index (Phi) is 4.09. The van der Waals surface area contributed by atoms with Gasteiger partial charge in [-0.2, -0.15) is 0 Å². The second-order valence-electron chi connectivity index (χ2n) is 5.66. The van der Waals surface area contributed by atoms with Gasteiger partial charge in [-0.25, -0.2) is 0 Å². The first kappa shape index (κ1) is 13.1. The van der Waals surface area contributed by atoms with E-state index in [9.17, 15) is 0 Å². The number of thiophene rings is 1. The molecule has 3 heterocycles. The van der Waals surface area contributed by atoms with Crippen LogP contribution in [0.4, 0.5) is 0 Å². The lowest BCUT2D eigenvalue weighted by Crippen LogP contribution is -2.55. The molecule has 2 fully saturated rings. The number of halogens is 1. The standard InChI is InChI=1S/C14H21BrN2S/c15-14-5-4-13(18-14)6-7-17-11-2-1-3-12(17)9-10(16)8-11/h4-5,10-12H,1-3,6-9,16H2. The molecule has 0 aliphatic carbocycles. The molecule has 2 nitrogen and oxygen atoms in total. The van der Waals surface area contributed by atoms with Crippen molar-refractivity contribution in [1.82, 2.24) is 4.90 Å². The van der Waals surface area contributed by atoms with Crippen molar-refractivity contribution in [3.63, 3.8) is 0 Å². The third-order valence-electron chi connectivity index (χ3n) is 4.41. The van der Waals surface area contributed by atoms with E-state index in [4.69, 9.17) is 5.73 Å². The lowest BCUT2D eigenvalue weighted by atomic mass is 9.82. The highest BCUT2D eigenvalue weighted by Crippen LogP contribution is 2.33. The highest BCUT2D eigenvalue weighted by Gasteiger charge is 2.36. The molecule has 1 aromatic heterocycles. The van der Waals surface area contributed by atoms with Gasteiger partial charge in [-0.1, -0.05) is 6.42 Å². The van der Waals surface area contributed by atoms with Gasteiger partial charge in [0.25, 0.3) is 0 Å². The number of fused-ring (bicyclic) bond motifs is 2. The van der Waals surface area contributed by atoms with Gasteiger partial charge in [-0.15, -0.1) is 11.3 Å². The van der Waals surface area contributed by atoms with Crippen LogP contribution >= 0.6 is 27.3 Å². The molecule has 3 rings (SSSR count). The monoisotopic (exact) mass is 328 g/mol. The number of nitrogens with two attached hydrogens (primary N) is 1. The zero-order chi connectivity index (χ0) is 12.5. The molecule has 2 unspecified atom stereocenters. The van der Waals surface area contributed by atoms with E-state index in [1.165, 1.54) is 53.7 Å². The van der Waals surface area contributed by atoms with Crippen LogP contribution in [0.5, 0.6) is 0 Å². The second kappa shape index (κ2) is 5.61. The summed E-state index contributed by atoms with van der Waals surface area (Å²) in [5, 5.41) is 0. The first-order valence-electron chi connectivity index (χ1n) is 6.98. The van der Waals surface area contributed by atoms with E-state index in [-0.39, 0.29) is 0 Å². The largest absolute Gasteiger partial charge is 0.328 e. The molecule has 18 heavy (non-hydrogen) atoms. The summed E-state index contributed by atoms with van der Waals surface area (Å²) in [5.41, 5.74) is 6.17. The van der Waals surface area contributed by atoms with Gasteiger partial charge < -0.3 is 5.73 Å². The third-order valence-corrected chi connectivity index (χ3v) is 6.09. The summed E-state index contributed by atoms with van der Waals surface area (Å²) in [6.07, 6.45) is 7.74. The molecule has 0 saturated carbocycles. The molecule has 0 spiro atoms. The highest BCUT2D eigenvalue weighted by atomic mass is 79.9. The van der Waals surface area contributed by atoms with Gasteiger partial charge in [-0.3, -0.25) is 4.90 Å². The van der Waals surface area contributed by atoms with E-state index >= 15 is 0 Å². The van der Waals surface area contributed by atoms with Crippen molar-refractivity contribution < 1.29 is 0 Å². The van der Waals surface area contributed by atoms with Crippen molar-refractivity contribution in [3.05, 3.63) is 20.8 Å². The SMILES string of the molecule is NC1CC2CCCC(C1)N2CCc1ccc(Br)s1. The second-order valence-corrected chi connectivity index (χ2v) is 8.21. The fraction of sp³-hybridized carbons (Fsp3) is 0.714. The van der Waals surface area contributed by atoms with E-state index in [2.05, 4.69) is 33.0 Å². The zero-order valence-corrected chi connectivity index (χ0v) is 13.0. The molecule has 0 amide bonds. The Morgan fingerprint density at radius 1 is 1.28 bits per heavy atom. The molecule has 2 aliphatic heterocycles. The van der Waals surface area contributed by atoms with E-state index in [1.807, 2.05) is 11.3 Å². The molecule has 2 atom stereocenters. The van der Waals surface area contributed by atoms with Gasteiger partial charge >= 0.3 is 0 Å². The van der Waals surface area contributed by atoms with Gasteiger partial charge in [0.2, 0.25) is 0 Å². The predicted molar refractivity (Wildman–Crippen MR) is 81.1 cm³/mol. The Hall–Kier alpha value is 0.1000. The molecule has 1 aromatic rings. The summed E-state index contributed by atoms with van der Waals surface area (Å²) in [7, 11) is 0. The topological polar surface area (TPSA) is 29.3 Å². The Bertz CT molecular complexity index is 392. The van der Waals surface area contributed by atoms with Crippen LogP contribution in [0.15, 0.2) is 15.9 Å². The van der Waals surface area contributed by atoms with E-state index in [1.54, 1.807) is 0 Å². The quantitative estimate of drug-likeness (QED) is 0.921. The van der Waals surface area contributed by atoms with Crippen LogP contribution in [0.2, 0.25) is 0 Å². The summed E-state index contributed by atoms with van der Waals surface area (Å²) in [5.74, 6) is 0. The molecule has 2 saturated heterocycles. The molecule has 2 aliphatic rings. The van der Waals surface area contributed by atoms with Crippen LogP contribution in [-0.2, 0) is 6.42 Å². The number of piperidine rings is 2. The molecule has 4 heteroatoms. The first-order valence-corrected chi connectivity index (χ1v) is 8.59. The van der Waals surface area contributed by atoms with Crippen molar-refractivity contribution in [1.29, 1.82) is 0 Å². The number of rotatable bonds is 3. The summed E-state index contributed by atoms with van der Waals surface area (Å²) in [4.78, 5) is 4.25. The predicted octanol–water partition coefficient (Wildman–Crippen LogP) is 3.40. The van der Waals surface area contributed by atoms with Gasteiger partial charge in [0, 0.05) is 29.5 Å². The molecule has 2 N–H and O–H groups in total. The van der Waals surface area contributed by atoms with Gasteiger partial charge in [0.1, 0.15) is 0 Å². The fourth-order valence-electron chi connectivity index (χ4n) is 3.61. The minimum absolute atomic E-state index is 0.451. The lowest BCUT2D eigenvalue weighted by molar-refractivity contribution is 0.0329. The lowest BCUT2D eigenvalue weighted by Gasteiger charge is -2.48. The summed E-state index contributed by atoms with van der Waals surface area (Å²) >= 11 is 5.41. The molecule has 0 aromatic carbocycles. The van der Waals surface area contributed by atoms with E-state index in [0.717, 1.165) is 12.1 Å². The maximum absolute atomic E-state index is 6.17. The van der Waals surface area contributed by atoms with E-state index < -0.39 is 0 Å². The normalized spacial score (nSPS) is 32.7. The number of nitrogens with zero attached hydrogens (tertiary/aromatic N) is 1. The maximum atomic E-state index is 6.17. The van der Waals surface area contributed by atoms with Gasteiger partial charge in [0.15, 0.2) is 0 Å². The minimum Gasteiger partial charge on any atom is -0.328 e. The van der Waals surface area contributed by atoms with Gasteiger partial charge in [-0.05, 0) is 60.2 Å². The summed E-state index contributed by atoms with van der Waals surface area (Å²) in [6.45, 7) is 1.22. The van der Waals surface area contributed by atoms with Crippen LogP contribution in [0, 0.1) is 0 Å². The number of hydrogen-bond acceptors (Lipinski definition) is 3. The van der Waals surface area contributed by atoms with Crippen molar-refractivity contribution in [3.8, 4) is 0 Å². The zero-order valence-electron chi connectivity index (χ0n) is 10.6. The Morgan fingerprint density at radius 3 is 2.61 bits per heavy atom.